The fourth-order valence-electron chi connectivity index (χ4n) is 1.56. The van der Waals surface area contributed by atoms with Crippen LogP contribution in [0.5, 0.6) is 5.75 Å². The van der Waals surface area contributed by atoms with Crippen molar-refractivity contribution >= 4 is 5.97 Å². The number of rotatable bonds is 4. The van der Waals surface area contributed by atoms with Crippen LogP contribution in [0.25, 0.3) is 0 Å². The van der Waals surface area contributed by atoms with Crippen molar-refractivity contribution in [3.05, 3.63) is 65.7 Å². The van der Waals surface area contributed by atoms with E-state index in [1.54, 1.807) is 12.1 Å². The van der Waals surface area contributed by atoms with Gasteiger partial charge in [-0.2, -0.15) is 0 Å². The molecule has 0 radical (unpaired) electrons. The summed E-state index contributed by atoms with van der Waals surface area (Å²) < 4.78 is 0. The Morgan fingerprint density at radius 2 is 1.57 bits per heavy atom. The van der Waals surface area contributed by atoms with Gasteiger partial charge >= 0.3 is 5.97 Å². The van der Waals surface area contributed by atoms with Crippen molar-refractivity contribution in [1.29, 1.82) is 0 Å². The molecule has 0 fully saturated rings. The van der Waals surface area contributed by atoms with Gasteiger partial charge in [0.15, 0.2) is 0 Å². The molecule has 0 aliphatic carbocycles. The summed E-state index contributed by atoms with van der Waals surface area (Å²) in [5, 5.41) is 26.0. The Balaban J connectivity index is 0.000000235. The predicted octanol–water partition coefficient (Wildman–Crippen LogP) is 1.53. The van der Waals surface area contributed by atoms with Gasteiger partial charge in [-0.05, 0) is 29.7 Å². The quantitative estimate of drug-likeness (QED) is 0.683. The van der Waals surface area contributed by atoms with E-state index in [9.17, 15) is 4.79 Å². The highest BCUT2D eigenvalue weighted by Crippen LogP contribution is 2.10. The van der Waals surface area contributed by atoms with Gasteiger partial charge < -0.3 is 21.1 Å². The lowest BCUT2D eigenvalue weighted by Crippen LogP contribution is -2.32. The first-order valence-corrected chi connectivity index (χ1v) is 6.44. The first-order valence-electron chi connectivity index (χ1n) is 6.44. The second-order valence-electron chi connectivity index (χ2n) is 4.46. The van der Waals surface area contributed by atoms with Crippen molar-refractivity contribution < 1.29 is 20.1 Å². The molecule has 1 unspecified atom stereocenters. The molecule has 2 aromatic rings. The number of phenolic OH excluding ortho intramolecular Hbond substituents is 1. The van der Waals surface area contributed by atoms with Crippen LogP contribution >= 0.6 is 0 Å². The maximum absolute atomic E-state index is 10.4. The van der Waals surface area contributed by atoms with Gasteiger partial charge in [0.1, 0.15) is 11.8 Å². The molecule has 112 valence electrons. The third-order valence-electron chi connectivity index (χ3n) is 2.73. The maximum Gasteiger partial charge on any atom is 0.320 e. The number of carbonyl (C=O) groups is 1. The highest BCUT2D eigenvalue weighted by atomic mass is 16.4. The molecule has 0 heterocycles. The minimum atomic E-state index is -1.02. The minimum Gasteiger partial charge on any atom is -0.508 e. The third-order valence-corrected chi connectivity index (χ3v) is 2.73. The van der Waals surface area contributed by atoms with Crippen LogP contribution in [0.3, 0.4) is 0 Å². The van der Waals surface area contributed by atoms with Crippen molar-refractivity contribution in [2.45, 2.75) is 19.1 Å². The summed E-state index contributed by atoms with van der Waals surface area (Å²) >= 11 is 0. The summed E-state index contributed by atoms with van der Waals surface area (Å²) in [6.45, 7) is 0.140. The van der Waals surface area contributed by atoms with Crippen LogP contribution in [-0.2, 0) is 17.8 Å². The van der Waals surface area contributed by atoms with E-state index in [0.717, 1.165) is 11.1 Å². The monoisotopic (exact) mass is 289 g/mol. The van der Waals surface area contributed by atoms with Crippen molar-refractivity contribution in [3.8, 4) is 5.75 Å². The molecule has 0 saturated carbocycles. The molecule has 0 bridgehead atoms. The Hall–Kier alpha value is -2.37. The topological polar surface area (TPSA) is 104 Å². The molecule has 0 saturated heterocycles. The van der Waals surface area contributed by atoms with E-state index in [4.69, 9.17) is 21.1 Å². The Morgan fingerprint density at radius 3 is 2.00 bits per heavy atom. The van der Waals surface area contributed by atoms with Crippen LogP contribution in [0.1, 0.15) is 11.1 Å². The number of aliphatic carboxylic acids is 1. The molecule has 0 amide bonds. The van der Waals surface area contributed by atoms with Crippen molar-refractivity contribution in [1.82, 2.24) is 0 Å². The second kappa shape index (κ2) is 8.73. The number of aliphatic hydroxyl groups excluding tert-OH is 1. The standard InChI is InChI=1S/C9H11NO3.C7H8O/c10-8(9(12)13)5-6-1-3-7(11)4-2-6;8-6-7-4-2-1-3-5-7/h1-4,8,11H,5,10H2,(H,12,13);1-5,8H,6H2. The first kappa shape index (κ1) is 16.7. The van der Waals surface area contributed by atoms with Crippen molar-refractivity contribution in [2.75, 3.05) is 0 Å². The number of aliphatic hydroxyl groups is 1. The summed E-state index contributed by atoms with van der Waals surface area (Å²) in [6, 6.07) is 14.9. The second-order valence-corrected chi connectivity index (χ2v) is 4.46. The smallest absolute Gasteiger partial charge is 0.320 e. The lowest BCUT2D eigenvalue weighted by Gasteiger charge is -2.05. The summed E-state index contributed by atoms with van der Waals surface area (Å²) in [6.07, 6.45) is 0.273. The van der Waals surface area contributed by atoms with Gasteiger partial charge in [-0.3, -0.25) is 4.79 Å². The predicted molar refractivity (Wildman–Crippen MR) is 79.8 cm³/mol. The van der Waals surface area contributed by atoms with Gasteiger partial charge in [-0.15, -0.1) is 0 Å². The Labute approximate surface area is 123 Å². The van der Waals surface area contributed by atoms with Crippen molar-refractivity contribution in [2.24, 2.45) is 5.73 Å². The van der Waals surface area contributed by atoms with Gasteiger partial charge in [-0.25, -0.2) is 0 Å². The molecule has 5 nitrogen and oxygen atoms in total. The van der Waals surface area contributed by atoms with Crippen LogP contribution in [0.15, 0.2) is 54.6 Å². The Kier molecular flexibility index (Phi) is 6.94. The molecule has 2 rings (SSSR count). The third kappa shape index (κ3) is 6.56. The largest absolute Gasteiger partial charge is 0.508 e. The van der Waals surface area contributed by atoms with E-state index in [1.165, 1.54) is 12.1 Å². The molecule has 5 heteroatoms. The number of aromatic hydroxyl groups is 1. The minimum absolute atomic E-state index is 0.140. The van der Waals surface area contributed by atoms with E-state index in [0.29, 0.717) is 0 Å². The van der Waals surface area contributed by atoms with Crippen molar-refractivity contribution in [3.63, 3.8) is 0 Å². The number of carboxylic acid groups (broad SMARTS) is 1. The summed E-state index contributed by atoms with van der Waals surface area (Å²) in [7, 11) is 0. The SMILES string of the molecule is NC(Cc1ccc(O)cc1)C(=O)O.OCc1ccccc1. The zero-order valence-electron chi connectivity index (χ0n) is 11.5. The number of nitrogens with two attached hydrogens (primary N) is 1. The number of hydrogen-bond acceptors (Lipinski definition) is 4. The molecule has 0 aromatic heterocycles. The van der Waals surface area contributed by atoms with Gasteiger partial charge in [0.2, 0.25) is 0 Å². The molecule has 2 aromatic carbocycles. The maximum atomic E-state index is 10.4. The Bertz CT molecular complexity index is 540. The van der Waals surface area contributed by atoms with Crippen LogP contribution in [-0.4, -0.2) is 27.3 Å². The molecule has 21 heavy (non-hydrogen) atoms. The van der Waals surface area contributed by atoms with Crippen LogP contribution < -0.4 is 5.73 Å². The average molecular weight is 289 g/mol. The number of carboxylic acids is 1. The van der Waals surface area contributed by atoms with Crippen LogP contribution in [0, 0.1) is 0 Å². The molecule has 0 spiro atoms. The lowest BCUT2D eigenvalue weighted by atomic mass is 10.1. The lowest BCUT2D eigenvalue weighted by molar-refractivity contribution is -0.138. The normalized spacial score (nSPS) is 11.1. The average Bonchev–Trinajstić information content (AvgIpc) is 2.51. The Morgan fingerprint density at radius 1 is 1.00 bits per heavy atom. The molecule has 0 aliphatic heterocycles. The zero-order valence-corrected chi connectivity index (χ0v) is 11.5. The molecular formula is C16H19NO4. The van der Waals surface area contributed by atoms with E-state index in [1.807, 2.05) is 30.3 Å². The molecule has 1 atom stereocenters. The number of benzene rings is 2. The fourth-order valence-corrected chi connectivity index (χ4v) is 1.56. The highest BCUT2D eigenvalue weighted by Gasteiger charge is 2.11. The van der Waals surface area contributed by atoms with E-state index in [-0.39, 0.29) is 18.8 Å². The van der Waals surface area contributed by atoms with E-state index < -0.39 is 12.0 Å². The molecule has 0 aliphatic rings. The number of hydrogen-bond donors (Lipinski definition) is 4. The summed E-state index contributed by atoms with van der Waals surface area (Å²) in [5.74, 6) is -0.860. The first-order chi connectivity index (χ1) is 10.0. The van der Waals surface area contributed by atoms with Gasteiger partial charge in [0.25, 0.3) is 0 Å². The number of phenols is 1. The van der Waals surface area contributed by atoms with E-state index >= 15 is 0 Å². The van der Waals surface area contributed by atoms with Gasteiger partial charge in [-0.1, -0.05) is 42.5 Å². The highest BCUT2D eigenvalue weighted by molar-refractivity contribution is 5.73. The molecular weight excluding hydrogens is 270 g/mol. The summed E-state index contributed by atoms with van der Waals surface area (Å²) in [4.78, 5) is 10.4. The molecule has 5 N–H and O–H groups in total. The van der Waals surface area contributed by atoms with E-state index in [2.05, 4.69) is 0 Å². The van der Waals surface area contributed by atoms with Crippen LogP contribution in [0.4, 0.5) is 0 Å². The van der Waals surface area contributed by atoms with Gasteiger partial charge in [0.05, 0.1) is 6.61 Å². The van der Waals surface area contributed by atoms with Gasteiger partial charge in [0, 0.05) is 0 Å². The summed E-state index contributed by atoms with van der Waals surface area (Å²) in [5.41, 5.74) is 7.09. The van der Waals surface area contributed by atoms with Crippen LogP contribution in [0.2, 0.25) is 0 Å². The zero-order chi connectivity index (χ0) is 15.7. The fraction of sp³-hybridized carbons (Fsp3) is 0.188.